The Kier molecular flexibility index (Phi) is 3.46. The van der Waals surface area contributed by atoms with Crippen LogP contribution in [0.25, 0.3) is 0 Å². The van der Waals surface area contributed by atoms with Gasteiger partial charge in [0.15, 0.2) is 0 Å². The summed E-state index contributed by atoms with van der Waals surface area (Å²) in [5, 5.41) is 8.12. The number of carboxylic acid groups (broad SMARTS) is 1. The Morgan fingerprint density at radius 3 is 2.15 bits per heavy atom. The number of carbonyl (C=O) groups excluding carboxylic acids is 1. The van der Waals surface area contributed by atoms with Crippen LogP contribution in [-0.2, 0) is 9.59 Å². The molecule has 0 aliphatic carbocycles. The van der Waals surface area contributed by atoms with E-state index in [1.54, 1.807) is 0 Å². The summed E-state index contributed by atoms with van der Waals surface area (Å²) in [5.41, 5.74) is 0. The van der Waals surface area contributed by atoms with Crippen LogP contribution in [0.4, 0.5) is 13.2 Å². The van der Waals surface area contributed by atoms with Gasteiger partial charge in [-0.25, -0.2) is 0 Å². The number of hydrogen-bond donors (Lipinski definition) is 1. The van der Waals surface area contributed by atoms with Gasteiger partial charge < -0.3 is 10.0 Å². The molecule has 0 radical (unpaired) electrons. The van der Waals surface area contributed by atoms with Gasteiger partial charge in [-0.1, -0.05) is 6.58 Å². The van der Waals surface area contributed by atoms with Gasteiger partial charge in [0, 0.05) is 6.20 Å². The normalized spacial score (nSPS) is 10.7. The summed E-state index contributed by atoms with van der Waals surface area (Å²) in [6.45, 7) is 1.84. The maximum atomic E-state index is 11.7. The second kappa shape index (κ2) is 3.92. The van der Waals surface area contributed by atoms with Crippen molar-refractivity contribution in [1.29, 1.82) is 0 Å². The number of carbonyl (C=O) groups is 2. The Morgan fingerprint density at radius 1 is 1.46 bits per heavy atom. The first-order valence-electron chi connectivity index (χ1n) is 3.01. The van der Waals surface area contributed by atoms with Gasteiger partial charge in [0.2, 0.25) is 0 Å². The van der Waals surface area contributed by atoms with Crippen LogP contribution < -0.4 is 0 Å². The molecule has 0 unspecified atom stereocenters. The first-order chi connectivity index (χ1) is 5.79. The minimum absolute atomic E-state index is 0.0255. The Morgan fingerprint density at radius 2 is 1.92 bits per heavy atom. The predicted molar refractivity (Wildman–Crippen MR) is 35.6 cm³/mol. The van der Waals surface area contributed by atoms with Crippen LogP contribution in [0.5, 0.6) is 0 Å². The molecule has 0 spiro atoms. The molecular weight excluding hydrogens is 191 g/mol. The third-order valence-electron chi connectivity index (χ3n) is 1.03. The van der Waals surface area contributed by atoms with Crippen LogP contribution in [0.15, 0.2) is 12.8 Å². The highest BCUT2D eigenvalue weighted by Crippen LogP contribution is 2.18. The molecule has 1 amide bonds. The van der Waals surface area contributed by atoms with Crippen molar-refractivity contribution >= 4 is 11.9 Å². The molecule has 13 heavy (non-hydrogen) atoms. The number of carboxylic acids is 1. The van der Waals surface area contributed by atoms with Gasteiger partial charge in [0.05, 0.1) is 0 Å². The van der Waals surface area contributed by atoms with Gasteiger partial charge in [-0.15, -0.1) is 0 Å². The van der Waals surface area contributed by atoms with Crippen LogP contribution in [0.1, 0.15) is 0 Å². The average Bonchev–Trinajstić information content (AvgIpc) is 1.96. The first kappa shape index (κ1) is 11.5. The van der Waals surface area contributed by atoms with E-state index in [1.165, 1.54) is 0 Å². The number of halogens is 3. The van der Waals surface area contributed by atoms with Crippen molar-refractivity contribution in [2.24, 2.45) is 0 Å². The second-order valence-electron chi connectivity index (χ2n) is 2.01. The zero-order chi connectivity index (χ0) is 10.6. The summed E-state index contributed by atoms with van der Waals surface area (Å²) in [4.78, 5) is 20.4. The predicted octanol–water partition coefficient (Wildman–Crippen LogP) is 0.605. The lowest BCUT2D eigenvalue weighted by atomic mass is 10.4. The molecule has 0 aromatic heterocycles. The molecular formula is C6H6F3NO3. The van der Waals surface area contributed by atoms with E-state index in [2.05, 4.69) is 6.58 Å². The molecule has 0 aromatic carbocycles. The lowest BCUT2D eigenvalue weighted by Gasteiger charge is -2.16. The third-order valence-corrected chi connectivity index (χ3v) is 1.03. The Bertz CT molecular complexity index is 236. The van der Waals surface area contributed by atoms with E-state index in [0.29, 0.717) is 6.20 Å². The number of amides is 1. The van der Waals surface area contributed by atoms with E-state index in [1.807, 2.05) is 0 Å². The van der Waals surface area contributed by atoms with E-state index in [0.717, 1.165) is 0 Å². The Hall–Kier alpha value is -1.53. The van der Waals surface area contributed by atoms with Crippen molar-refractivity contribution in [3.05, 3.63) is 12.8 Å². The summed E-state index contributed by atoms with van der Waals surface area (Å²) in [6, 6.07) is 0. The zero-order valence-electron chi connectivity index (χ0n) is 6.34. The van der Waals surface area contributed by atoms with Crippen molar-refractivity contribution in [2.45, 2.75) is 6.18 Å². The molecule has 4 nitrogen and oxygen atoms in total. The molecule has 0 rings (SSSR count). The van der Waals surface area contributed by atoms with E-state index in [4.69, 9.17) is 5.11 Å². The first-order valence-corrected chi connectivity index (χ1v) is 3.01. The molecule has 0 fully saturated rings. The van der Waals surface area contributed by atoms with E-state index < -0.39 is 24.6 Å². The summed E-state index contributed by atoms with van der Waals surface area (Å²) >= 11 is 0. The SMILES string of the molecule is C=CN(CC(=O)O)C(=O)C(F)(F)F. The minimum Gasteiger partial charge on any atom is -0.480 e. The molecule has 0 aliphatic rings. The van der Waals surface area contributed by atoms with Crippen molar-refractivity contribution < 1.29 is 27.9 Å². The van der Waals surface area contributed by atoms with Crippen molar-refractivity contribution in [1.82, 2.24) is 4.90 Å². The molecule has 0 saturated carbocycles. The lowest BCUT2D eigenvalue weighted by Crippen LogP contribution is -2.40. The van der Waals surface area contributed by atoms with Crippen molar-refractivity contribution in [3.63, 3.8) is 0 Å². The van der Waals surface area contributed by atoms with Gasteiger partial charge in [-0.05, 0) is 0 Å². The largest absolute Gasteiger partial charge is 0.480 e. The molecule has 74 valence electrons. The van der Waals surface area contributed by atoms with Crippen LogP contribution in [0.2, 0.25) is 0 Å². The van der Waals surface area contributed by atoms with Crippen molar-refractivity contribution in [2.75, 3.05) is 6.54 Å². The van der Waals surface area contributed by atoms with Gasteiger partial charge >= 0.3 is 18.1 Å². The minimum atomic E-state index is -5.08. The molecule has 0 atom stereocenters. The maximum absolute atomic E-state index is 11.7. The van der Waals surface area contributed by atoms with Gasteiger partial charge in [-0.2, -0.15) is 13.2 Å². The van der Waals surface area contributed by atoms with E-state index in [9.17, 15) is 22.8 Å². The second-order valence-corrected chi connectivity index (χ2v) is 2.01. The molecule has 0 aromatic rings. The monoisotopic (exact) mass is 197 g/mol. The number of nitrogens with zero attached hydrogens (tertiary/aromatic N) is 1. The molecule has 0 heterocycles. The van der Waals surface area contributed by atoms with Crippen LogP contribution in [0, 0.1) is 0 Å². The van der Waals surface area contributed by atoms with Gasteiger partial charge in [-0.3, -0.25) is 9.59 Å². The van der Waals surface area contributed by atoms with Crippen LogP contribution in [0.3, 0.4) is 0 Å². The molecule has 7 heteroatoms. The van der Waals surface area contributed by atoms with E-state index >= 15 is 0 Å². The molecule has 0 saturated heterocycles. The van der Waals surface area contributed by atoms with Gasteiger partial charge in [0.1, 0.15) is 6.54 Å². The fraction of sp³-hybridized carbons (Fsp3) is 0.333. The Balaban J connectivity index is 4.51. The highest BCUT2D eigenvalue weighted by molar-refractivity contribution is 5.86. The topological polar surface area (TPSA) is 57.6 Å². The van der Waals surface area contributed by atoms with E-state index in [-0.39, 0.29) is 4.90 Å². The number of hydrogen-bond acceptors (Lipinski definition) is 2. The highest BCUT2D eigenvalue weighted by atomic mass is 19.4. The summed E-state index contributed by atoms with van der Waals surface area (Å²) in [7, 11) is 0. The van der Waals surface area contributed by atoms with Gasteiger partial charge in [0.25, 0.3) is 0 Å². The van der Waals surface area contributed by atoms with Crippen LogP contribution >= 0.6 is 0 Å². The van der Waals surface area contributed by atoms with Crippen molar-refractivity contribution in [3.8, 4) is 0 Å². The highest BCUT2D eigenvalue weighted by Gasteiger charge is 2.42. The molecule has 0 bridgehead atoms. The maximum Gasteiger partial charge on any atom is 0.471 e. The number of alkyl halides is 3. The fourth-order valence-electron chi connectivity index (χ4n) is 0.528. The quantitative estimate of drug-likeness (QED) is 0.720. The summed E-state index contributed by atoms with van der Waals surface area (Å²) in [5.74, 6) is -3.79. The lowest BCUT2D eigenvalue weighted by molar-refractivity contribution is -0.183. The smallest absolute Gasteiger partial charge is 0.471 e. The average molecular weight is 197 g/mol. The molecule has 0 aliphatic heterocycles. The van der Waals surface area contributed by atoms with Crippen LogP contribution in [-0.4, -0.2) is 34.6 Å². The summed E-state index contributed by atoms with van der Waals surface area (Å²) in [6.07, 6.45) is -4.56. The fourth-order valence-corrected chi connectivity index (χ4v) is 0.528. The number of aliphatic carboxylic acids is 1. The molecule has 1 N–H and O–H groups in total. The Labute approximate surface area is 71.2 Å². The number of rotatable bonds is 3. The standard InChI is InChI=1S/C6H6F3NO3/c1-2-10(3-4(11)12)5(13)6(7,8)9/h2H,1,3H2,(H,11,12). The zero-order valence-corrected chi connectivity index (χ0v) is 6.34. The third kappa shape index (κ3) is 3.59. The summed E-state index contributed by atoms with van der Waals surface area (Å²) < 4.78 is 35.1.